The molecule has 5 heteroatoms. The van der Waals surface area contributed by atoms with Crippen molar-refractivity contribution in [2.45, 2.75) is 122 Å². The number of imidazole rings is 1. The maximum atomic E-state index is 12.7. The minimum Gasteiger partial charge on any atom is -0.507 e. The van der Waals surface area contributed by atoms with Crippen molar-refractivity contribution in [2.75, 3.05) is 0 Å². The Morgan fingerprint density at radius 1 is 0.557 bits per heavy atom. The van der Waals surface area contributed by atoms with Crippen molar-refractivity contribution >= 4 is 11.0 Å². The summed E-state index contributed by atoms with van der Waals surface area (Å²) in [4.78, 5) is 10.7. The van der Waals surface area contributed by atoms with E-state index in [0.29, 0.717) is 42.6 Å². The van der Waals surface area contributed by atoms with E-state index in [2.05, 4.69) is 186 Å². The molecule has 2 aliphatic rings. The molecular formula is C74H72N3OPt-. The monoisotopic (exact) mass is 1220 g/mol. The van der Waals surface area contributed by atoms with Gasteiger partial charge in [0.25, 0.3) is 0 Å². The molecule has 2 fully saturated rings. The van der Waals surface area contributed by atoms with Gasteiger partial charge in [-0.1, -0.05) is 230 Å². The van der Waals surface area contributed by atoms with Crippen molar-refractivity contribution in [1.29, 1.82) is 0 Å². The Morgan fingerprint density at radius 2 is 1.18 bits per heavy atom. The van der Waals surface area contributed by atoms with Crippen LogP contribution >= 0.6 is 0 Å². The van der Waals surface area contributed by atoms with Crippen LogP contribution in [0.15, 0.2) is 194 Å². The number of phenolic OH excluding ortho intramolecular Hbond substituents is 1. The number of rotatable bonds is 11. The van der Waals surface area contributed by atoms with E-state index in [1.165, 1.54) is 0 Å². The number of phenols is 1. The fraction of sp³-hybridized carbons (Fsp3) is 0.270. The van der Waals surface area contributed by atoms with Gasteiger partial charge in [0.05, 0.1) is 22.3 Å². The van der Waals surface area contributed by atoms with E-state index in [1.807, 2.05) is 60.8 Å². The average Bonchev–Trinajstić information content (AvgIpc) is 2.71. The second-order valence-corrected chi connectivity index (χ2v) is 23.7. The first-order chi connectivity index (χ1) is 39.3. The molecule has 2 heterocycles. The average molecular weight is 1220 g/mol. The first-order valence-electron chi connectivity index (χ1n) is 30.1. The van der Waals surface area contributed by atoms with Crippen LogP contribution < -0.4 is 0 Å². The Morgan fingerprint density at radius 3 is 1.84 bits per heavy atom. The largest absolute Gasteiger partial charge is 0.507 e. The van der Waals surface area contributed by atoms with Gasteiger partial charge in [-0.2, -0.15) is 0 Å². The summed E-state index contributed by atoms with van der Waals surface area (Å²) in [6, 6.07) is 68.2. The predicted octanol–water partition coefficient (Wildman–Crippen LogP) is 19.7. The van der Waals surface area contributed by atoms with Gasteiger partial charge in [0, 0.05) is 49.6 Å². The van der Waals surface area contributed by atoms with E-state index in [-0.39, 0.29) is 38.1 Å². The molecule has 8 aromatic carbocycles. The molecule has 2 aromatic heterocycles. The number of pyridine rings is 1. The zero-order valence-electron chi connectivity index (χ0n) is 50.3. The van der Waals surface area contributed by atoms with Crippen molar-refractivity contribution in [3.05, 3.63) is 228 Å². The summed E-state index contributed by atoms with van der Waals surface area (Å²) in [7, 11) is 0. The van der Waals surface area contributed by atoms with Crippen LogP contribution in [0.2, 0.25) is 0 Å². The van der Waals surface area contributed by atoms with Crippen molar-refractivity contribution in [2.24, 2.45) is 5.92 Å². The van der Waals surface area contributed by atoms with E-state index in [1.54, 1.807) is 0 Å². The normalized spacial score (nSPS) is 18.8. The third-order valence-corrected chi connectivity index (χ3v) is 16.3. The first-order valence-corrected chi connectivity index (χ1v) is 28.1. The minimum atomic E-state index is -1.52. The fourth-order valence-electron chi connectivity index (χ4n) is 11.9. The summed E-state index contributed by atoms with van der Waals surface area (Å²) >= 11 is 0. The topological polar surface area (TPSA) is 50.9 Å². The van der Waals surface area contributed by atoms with Crippen LogP contribution in [-0.2, 0) is 38.3 Å². The summed E-state index contributed by atoms with van der Waals surface area (Å²) in [6.07, 6.45) is 6.70. The second kappa shape index (κ2) is 22.5. The molecule has 400 valence electrons. The van der Waals surface area contributed by atoms with Crippen molar-refractivity contribution < 1.29 is 31.7 Å². The molecule has 12 rings (SSSR count). The van der Waals surface area contributed by atoms with E-state index in [0.717, 1.165) is 120 Å². The summed E-state index contributed by atoms with van der Waals surface area (Å²) in [5, 5.41) is 12.7. The summed E-state index contributed by atoms with van der Waals surface area (Å²) in [5.41, 5.74) is 16.1. The van der Waals surface area contributed by atoms with Crippen LogP contribution in [0, 0.1) is 12.0 Å². The molecule has 2 aliphatic carbocycles. The number of benzene rings is 8. The van der Waals surface area contributed by atoms with Crippen LogP contribution in [0.4, 0.5) is 0 Å². The molecule has 2 saturated carbocycles. The Kier molecular flexibility index (Phi) is 14.0. The van der Waals surface area contributed by atoms with Crippen LogP contribution in [0.1, 0.15) is 138 Å². The third-order valence-electron chi connectivity index (χ3n) is 16.3. The van der Waals surface area contributed by atoms with Gasteiger partial charge in [-0.15, -0.1) is 23.8 Å². The van der Waals surface area contributed by atoms with Crippen LogP contribution in [0.3, 0.4) is 0 Å². The number of hydrogen-bond donors (Lipinski definition) is 1. The zero-order chi connectivity index (χ0) is 57.2. The van der Waals surface area contributed by atoms with Gasteiger partial charge in [0.1, 0.15) is 11.6 Å². The van der Waals surface area contributed by atoms with Crippen molar-refractivity contribution in [3.63, 3.8) is 0 Å². The van der Waals surface area contributed by atoms with Gasteiger partial charge in [0.15, 0.2) is 0 Å². The summed E-state index contributed by atoms with van der Waals surface area (Å²) in [6.45, 7) is 13.0. The smallest absolute Gasteiger partial charge is 0.148 e. The van der Waals surface area contributed by atoms with Crippen LogP contribution in [-0.4, -0.2) is 19.6 Å². The Labute approximate surface area is 489 Å². The van der Waals surface area contributed by atoms with Crippen molar-refractivity contribution in [3.8, 4) is 78.6 Å². The van der Waals surface area contributed by atoms with E-state index in [4.69, 9.17) is 9.97 Å². The standard InChI is InChI=1S/C74H72N3O.Pt/c1-73(2,3)62-47-65(71(78)66(48-62)74(4,5)6)72-76-70-63(27-18-28-69(70)77(72)68-38-29-50(41-49-19-16-17-20-49)42-64(68)57-25-14-9-15-26-57)60-43-59(52-23-12-8-13-24-52)44-61(45-60)67-46-58(39-40-75-67)56-36-34-55(35-37-56)54-32-30-53(31-33-54)51-21-10-7-11-22-51;/h7-15,18,21-29,34-40,42-44,46-49,53-54,78H,16-17,19-20,30-33,41H2,1-6H3;/q-1;/i41D2,53D,54D;. The number of fused-ring (bicyclic) bond motifs is 1. The first kappa shape index (κ1) is 49.0. The Hall–Kier alpha value is -7.13. The molecule has 0 amide bonds. The molecule has 4 nitrogen and oxygen atoms in total. The molecular weight excluding hydrogens is 1140 g/mol. The fourth-order valence-corrected chi connectivity index (χ4v) is 11.9. The van der Waals surface area contributed by atoms with Gasteiger partial charge < -0.3 is 5.11 Å². The zero-order valence-corrected chi connectivity index (χ0v) is 48.6. The van der Waals surface area contributed by atoms with Gasteiger partial charge in [0.2, 0.25) is 0 Å². The molecule has 0 spiro atoms. The number of aromatic hydroxyl groups is 1. The molecule has 10 aromatic rings. The minimum absolute atomic E-state index is 0. The maximum Gasteiger partial charge on any atom is 0.148 e. The van der Waals surface area contributed by atoms with Gasteiger partial charge in [-0.25, -0.2) is 4.98 Å². The summed E-state index contributed by atoms with van der Waals surface area (Å²) in [5.74, 6) is -0.718. The third kappa shape index (κ3) is 11.2. The van der Waals surface area contributed by atoms with Crippen LogP contribution in [0.5, 0.6) is 5.75 Å². The number of hydrogen-bond acceptors (Lipinski definition) is 3. The van der Waals surface area contributed by atoms with Gasteiger partial charge in [-0.3, -0.25) is 9.55 Å². The molecule has 79 heavy (non-hydrogen) atoms. The van der Waals surface area contributed by atoms with E-state index >= 15 is 0 Å². The number of aromatic nitrogens is 3. The van der Waals surface area contributed by atoms with E-state index in [9.17, 15) is 10.6 Å². The SMILES string of the molecule is [2H]C1(c2ccccc2)CCC([2H])(c2ccc(-c3ccnc(-c4[c-]c(-c5cccc6c5nc(-c5cc(C(C)(C)C)cc(C(C)(C)C)c5O)n6-c5ccc(C([2H])([2H])C6CCCC6)cc5-c5ccccc5)cc(-c5ccccc5)c4)c3)cc2)CC1.[Pt]. The maximum absolute atomic E-state index is 12.7. The number of para-hydroxylation sites is 1. The number of nitrogens with zero attached hydrogens (tertiary/aromatic N) is 3. The molecule has 0 saturated heterocycles. The Bertz CT molecular complexity index is 3960. The Balaban J connectivity index is 0.00000721. The van der Waals surface area contributed by atoms with E-state index < -0.39 is 23.6 Å². The molecule has 0 atom stereocenters. The van der Waals surface area contributed by atoms with Crippen molar-refractivity contribution in [1.82, 2.24) is 14.5 Å². The summed E-state index contributed by atoms with van der Waals surface area (Å²) < 4.78 is 40.2. The van der Waals surface area contributed by atoms with Gasteiger partial charge in [-0.05, 0) is 135 Å². The molecule has 0 unspecified atom stereocenters. The molecule has 0 bridgehead atoms. The predicted molar refractivity (Wildman–Crippen MR) is 325 cm³/mol. The van der Waals surface area contributed by atoms with Crippen LogP contribution in [0.25, 0.3) is 83.9 Å². The molecule has 0 aliphatic heterocycles. The molecule has 1 N–H and O–H groups in total. The van der Waals surface area contributed by atoms with Gasteiger partial charge >= 0.3 is 0 Å². The molecule has 0 radical (unpaired) electrons. The quantitative estimate of drug-likeness (QED) is 0.131. The second-order valence-electron chi connectivity index (χ2n) is 23.7.